The first-order valence-electron chi connectivity index (χ1n) is 10.7. The Bertz CT molecular complexity index is 1050. The van der Waals surface area contributed by atoms with Crippen LogP contribution in [0, 0.1) is 12.8 Å². The van der Waals surface area contributed by atoms with Crippen molar-refractivity contribution in [3.63, 3.8) is 0 Å². The van der Waals surface area contributed by atoms with E-state index in [0.717, 1.165) is 29.5 Å². The van der Waals surface area contributed by atoms with Crippen molar-refractivity contribution in [3.8, 4) is 0 Å². The van der Waals surface area contributed by atoms with E-state index in [0.29, 0.717) is 29.9 Å². The minimum Gasteiger partial charge on any atom is -0.456 e. The molecule has 3 amide bonds. The highest BCUT2D eigenvalue weighted by Crippen LogP contribution is 2.37. The van der Waals surface area contributed by atoms with Crippen molar-refractivity contribution in [2.75, 3.05) is 13.2 Å². The topological polar surface area (TPSA) is 106 Å². The fourth-order valence-electron chi connectivity index (χ4n) is 4.56. The Labute approximate surface area is 179 Å². The number of Topliss-reactive ketones (excluding diaryl/α,β-unsaturated/α-hetero) is 1. The molecule has 2 aromatic rings. The van der Waals surface area contributed by atoms with Gasteiger partial charge in [0.05, 0.1) is 0 Å². The summed E-state index contributed by atoms with van der Waals surface area (Å²) in [4.78, 5) is 50.9. The summed E-state index contributed by atoms with van der Waals surface area (Å²) in [6, 6.07) is 6.67. The van der Waals surface area contributed by atoms with Crippen LogP contribution < -0.4 is 5.32 Å². The lowest BCUT2D eigenvalue weighted by atomic mass is 9.75. The second-order valence-electron chi connectivity index (χ2n) is 8.39. The van der Waals surface area contributed by atoms with Crippen molar-refractivity contribution in [1.82, 2.24) is 10.2 Å². The highest BCUT2D eigenvalue weighted by Gasteiger charge is 2.52. The summed E-state index contributed by atoms with van der Waals surface area (Å²) in [5, 5.41) is 3.60. The molecule has 164 valence electrons. The molecule has 1 aliphatic carbocycles. The van der Waals surface area contributed by atoms with E-state index < -0.39 is 36.5 Å². The predicted octanol–water partition coefficient (Wildman–Crippen LogP) is 3.36. The van der Waals surface area contributed by atoms with E-state index in [2.05, 4.69) is 12.2 Å². The third-order valence-corrected chi connectivity index (χ3v) is 6.53. The zero-order valence-electron chi connectivity index (χ0n) is 17.7. The van der Waals surface area contributed by atoms with Crippen molar-refractivity contribution in [2.24, 2.45) is 5.92 Å². The molecule has 1 aromatic carbocycles. The summed E-state index contributed by atoms with van der Waals surface area (Å²) in [5.41, 5.74) is 0.344. The van der Waals surface area contributed by atoms with Crippen LogP contribution in [0.1, 0.15) is 55.1 Å². The number of carbonyl (C=O) groups is 4. The summed E-state index contributed by atoms with van der Waals surface area (Å²) in [6.45, 7) is 2.84. The first-order chi connectivity index (χ1) is 14.8. The number of imide groups is 1. The molecule has 0 bridgehead atoms. The highest BCUT2D eigenvalue weighted by atomic mass is 16.5. The Hall–Kier alpha value is -3.16. The van der Waals surface area contributed by atoms with Crippen LogP contribution in [0.2, 0.25) is 0 Å². The number of ketones is 1. The van der Waals surface area contributed by atoms with Gasteiger partial charge < -0.3 is 14.5 Å². The Kier molecular flexibility index (Phi) is 5.56. The molecule has 0 unspecified atom stereocenters. The number of benzene rings is 1. The third-order valence-electron chi connectivity index (χ3n) is 6.53. The van der Waals surface area contributed by atoms with Gasteiger partial charge in [-0.1, -0.05) is 31.5 Å². The zero-order chi connectivity index (χ0) is 22.2. The Balaban J connectivity index is 1.35. The number of esters is 1. The fraction of sp³-hybridized carbons (Fsp3) is 0.478. The van der Waals surface area contributed by atoms with Gasteiger partial charge in [-0.25, -0.2) is 4.79 Å². The van der Waals surface area contributed by atoms with Crippen LogP contribution in [0.3, 0.4) is 0 Å². The van der Waals surface area contributed by atoms with Crippen molar-refractivity contribution in [3.05, 3.63) is 35.6 Å². The second kappa shape index (κ2) is 8.17. The van der Waals surface area contributed by atoms with Gasteiger partial charge in [0, 0.05) is 10.9 Å². The number of fused-ring (bicyclic) bond motifs is 1. The normalized spacial score (nSPS) is 23.4. The molecule has 4 rings (SSSR count). The van der Waals surface area contributed by atoms with Crippen molar-refractivity contribution < 1.29 is 28.3 Å². The zero-order valence-corrected chi connectivity index (χ0v) is 17.7. The van der Waals surface area contributed by atoms with E-state index in [1.165, 1.54) is 0 Å². The number of ether oxygens (including phenoxy) is 1. The molecule has 2 aliphatic rings. The number of urea groups is 1. The largest absolute Gasteiger partial charge is 0.456 e. The molecule has 1 N–H and O–H groups in total. The molecule has 0 atom stereocenters. The van der Waals surface area contributed by atoms with Crippen molar-refractivity contribution >= 4 is 34.7 Å². The number of nitrogens with one attached hydrogen (secondary N) is 1. The number of nitrogens with zero attached hydrogens (tertiary/aromatic N) is 1. The predicted molar refractivity (Wildman–Crippen MR) is 111 cm³/mol. The van der Waals surface area contributed by atoms with E-state index in [9.17, 15) is 19.2 Å². The number of carbonyl (C=O) groups excluding carboxylic acids is 4. The molecule has 1 saturated carbocycles. The van der Waals surface area contributed by atoms with Crippen molar-refractivity contribution in [1.29, 1.82) is 0 Å². The number of hydrogen-bond acceptors (Lipinski definition) is 6. The quantitative estimate of drug-likeness (QED) is 0.431. The average Bonchev–Trinajstić information content (AvgIpc) is 3.22. The maximum absolute atomic E-state index is 12.9. The van der Waals surface area contributed by atoms with Gasteiger partial charge in [0.25, 0.3) is 5.91 Å². The molecular weight excluding hydrogens is 400 g/mol. The van der Waals surface area contributed by atoms with Gasteiger partial charge in [-0.15, -0.1) is 0 Å². The van der Waals surface area contributed by atoms with E-state index in [-0.39, 0.29) is 11.7 Å². The molecule has 1 spiro atoms. The minimum absolute atomic E-state index is 0.135. The highest BCUT2D eigenvalue weighted by molar-refractivity contribution is 6.09. The summed E-state index contributed by atoms with van der Waals surface area (Å²) in [5.74, 6) is -0.986. The number of furan rings is 1. The third kappa shape index (κ3) is 3.82. The van der Waals surface area contributed by atoms with Crippen LogP contribution in [-0.4, -0.2) is 47.3 Å². The van der Waals surface area contributed by atoms with Gasteiger partial charge >= 0.3 is 12.0 Å². The molecule has 8 nitrogen and oxygen atoms in total. The van der Waals surface area contributed by atoms with Gasteiger partial charge in [-0.3, -0.25) is 19.3 Å². The molecule has 0 radical (unpaired) electrons. The van der Waals surface area contributed by atoms with Crippen LogP contribution in [0.5, 0.6) is 0 Å². The Morgan fingerprint density at radius 2 is 1.94 bits per heavy atom. The average molecular weight is 426 g/mol. The van der Waals surface area contributed by atoms with E-state index in [4.69, 9.17) is 9.15 Å². The summed E-state index contributed by atoms with van der Waals surface area (Å²) >= 11 is 0. The fourth-order valence-corrected chi connectivity index (χ4v) is 4.56. The molecule has 31 heavy (non-hydrogen) atoms. The van der Waals surface area contributed by atoms with E-state index >= 15 is 0 Å². The molecule has 2 heterocycles. The lowest BCUT2D eigenvalue weighted by molar-refractivity contribution is -0.147. The number of rotatable bonds is 6. The second-order valence-corrected chi connectivity index (χ2v) is 8.39. The van der Waals surface area contributed by atoms with Crippen molar-refractivity contribution in [2.45, 2.75) is 51.5 Å². The van der Waals surface area contributed by atoms with E-state index in [1.807, 2.05) is 12.1 Å². The van der Waals surface area contributed by atoms with Gasteiger partial charge in [0.2, 0.25) is 5.78 Å². The number of para-hydroxylation sites is 1. The standard InChI is InChI=1S/C23H26N2O6/c1-3-15-8-10-23(11-9-15)21(28)25(22(29)24-23)12-19(27)30-13-17(26)20-14(2)16-6-4-5-7-18(16)31-20/h4-7,15H,3,8-13H2,1-2H3,(H,24,29). The maximum Gasteiger partial charge on any atom is 0.326 e. The molecule has 2 fully saturated rings. The molecular formula is C23H26N2O6. The van der Waals surface area contributed by atoms with Crippen LogP contribution in [-0.2, 0) is 14.3 Å². The lowest BCUT2D eigenvalue weighted by Crippen LogP contribution is -2.49. The Morgan fingerprint density at radius 1 is 1.23 bits per heavy atom. The number of amides is 3. The summed E-state index contributed by atoms with van der Waals surface area (Å²) in [7, 11) is 0. The molecule has 8 heteroatoms. The molecule has 1 aromatic heterocycles. The van der Waals surface area contributed by atoms with Crippen LogP contribution >= 0.6 is 0 Å². The monoisotopic (exact) mass is 426 g/mol. The van der Waals surface area contributed by atoms with Crippen LogP contribution in [0.25, 0.3) is 11.0 Å². The summed E-state index contributed by atoms with van der Waals surface area (Å²) in [6.07, 6.45) is 3.93. The summed E-state index contributed by atoms with van der Waals surface area (Å²) < 4.78 is 10.6. The van der Waals surface area contributed by atoms with Gasteiger partial charge in [0.15, 0.2) is 12.4 Å². The molecule has 1 aliphatic heterocycles. The number of aryl methyl sites for hydroxylation is 1. The maximum atomic E-state index is 12.9. The lowest BCUT2D eigenvalue weighted by Gasteiger charge is -2.34. The van der Waals surface area contributed by atoms with Crippen LogP contribution in [0.4, 0.5) is 4.79 Å². The van der Waals surface area contributed by atoms with Crippen LogP contribution in [0.15, 0.2) is 28.7 Å². The minimum atomic E-state index is -0.912. The SMILES string of the molecule is CCC1CCC2(CC1)NC(=O)N(CC(=O)OCC(=O)c1oc3ccccc3c1C)C2=O. The van der Waals surface area contributed by atoms with Gasteiger partial charge in [-0.2, -0.15) is 0 Å². The first kappa shape index (κ1) is 21.1. The Morgan fingerprint density at radius 3 is 2.61 bits per heavy atom. The molecule has 1 saturated heterocycles. The van der Waals surface area contributed by atoms with E-state index in [1.54, 1.807) is 19.1 Å². The van der Waals surface area contributed by atoms with Gasteiger partial charge in [-0.05, 0) is 44.6 Å². The number of hydrogen-bond donors (Lipinski definition) is 1. The van der Waals surface area contributed by atoms with Gasteiger partial charge in [0.1, 0.15) is 17.7 Å². The first-order valence-corrected chi connectivity index (χ1v) is 10.7. The smallest absolute Gasteiger partial charge is 0.326 e.